The number of rotatable bonds is 3. The summed E-state index contributed by atoms with van der Waals surface area (Å²) < 4.78 is 0. The molecule has 94 valence electrons. The van der Waals surface area contributed by atoms with E-state index in [1.54, 1.807) is 0 Å². The van der Waals surface area contributed by atoms with E-state index < -0.39 is 0 Å². The average Bonchev–Trinajstić information content (AvgIpc) is 2.98. The topological polar surface area (TPSA) is 20.2 Å². The van der Waals surface area contributed by atoms with Gasteiger partial charge in [0, 0.05) is 0 Å². The molecule has 0 bridgehead atoms. The van der Waals surface area contributed by atoms with E-state index in [-0.39, 0.29) is 6.10 Å². The molecule has 0 heterocycles. The molecule has 0 amide bonds. The highest BCUT2D eigenvalue weighted by atomic mass is 16.3. The van der Waals surface area contributed by atoms with Gasteiger partial charge in [-0.1, -0.05) is 56.3 Å². The molecule has 2 aromatic carbocycles. The molecule has 1 nitrogen and oxygen atoms in total. The fourth-order valence-electron chi connectivity index (χ4n) is 2.91. The van der Waals surface area contributed by atoms with Crippen molar-refractivity contribution < 1.29 is 5.11 Å². The molecule has 0 radical (unpaired) electrons. The third kappa shape index (κ3) is 2.15. The molecule has 18 heavy (non-hydrogen) atoms. The van der Waals surface area contributed by atoms with Crippen LogP contribution in [0.25, 0.3) is 10.8 Å². The average molecular weight is 240 g/mol. The van der Waals surface area contributed by atoms with Gasteiger partial charge >= 0.3 is 0 Å². The maximum Gasteiger partial charge on any atom is 0.0614 e. The van der Waals surface area contributed by atoms with Gasteiger partial charge in [0.15, 0.2) is 0 Å². The van der Waals surface area contributed by atoms with E-state index in [9.17, 15) is 5.11 Å². The third-order valence-corrected chi connectivity index (χ3v) is 4.31. The molecule has 0 spiro atoms. The Morgan fingerprint density at radius 1 is 1.17 bits per heavy atom. The van der Waals surface area contributed by atoms with Gasteiger partial charge in [-0.2, -0.15) is 0 Å². The van der Waals surface area contributed by atoms with Crippen molar-refractivity contribution in [2.24, 2.45) is 11.3 Å². The van der Waals surface area contributed by atoms with Crippen LogP contribution in [0, 0.1) is 11.3 Å². The minimum absolute atomic E-state index is 0.193. The summed E-state index contributed by atoms with van der Waals surface area (Å²) in [5, 5.41) is 12.8. The Hall–Kier alpha value is -1.34. The highest BCUT2D eigenvalue weighted by molar-refractivity contribution is 5.82. The van der Waals surface area contributed by atoms with Crippen LogP contribution in [0.1, 0.15) is 25.8 Å². The number of aliphatic hydroxyl groups excluding tert-OH is 1. The van der Waals surface area contributed by atoms with Gasteiger partial charge in [0.25, 0.3) is 0 Å². The van der Waals surface area contributed by atoms with Gasteiger partial charge in [-0.15, -0.1) is 0 Å². The molecule has 2 atom stereocenters. The molecule has 3 rings (SSSR count). The van der Waals surface area contributed by atoms with Crippen molar-refractivity contribution in [2.45, 2.75) is 32.8 Å². The lowest BCUT2D eigenvalue weighted by Gasteiger charge is -2.13. The van der Waals surface area contributed by atoms with Crippen molar-refractivity contribution in [3.63, 3.8) is 0 Å². The van der Waals surface area contributed by atoms with E-state index in [0.29, 0.717) is 11.3 Å². The maximum atomic E-state index is 10.3. The van der Waals surface area contributed by atoms with Crippen LogP contribution in [0.4, 0.5) is 0 Å². The SMILES string of the molecule is CC1(C)CC1C(O)Cc1ccc2ccccc2c1. The molecule has 0 saturated heterocycles. The summed E-state index contributed by atoms with van der Waals surface area (Å²) >= 11 is 0. The van der Waals surface area contributed by atoms with Crippen LogP contribution in [-0.4, -0.2) is 11.2 Å². The Labute approximate surface area is 108 Å². The van der Waals surface area contributed by atoms with Crippen LogP contribution in [0.5, 0.6) is 0 Å². The fraction of sp³-hybridized carbons (Fsp3) is 0.412. The molecule has 1 fully saturated rings. The molecule has 1 heteroatoms. The van der Waals surface area contributed by atoms with Crippen molar-refractivity contribution in [1.82, 2.24) is 0 Å². The molecule has 2 unspecified atom stereocenters. The molecule has 2 aromatic rings. The van der Waals surface area contributed by atoms with Crippen LogP contribution in [0.3, 0.4) is 0 Å². The second-order valence-corrected chi connectivity index (χ2v) is 6.25. The van der Waals surface area contributed by atoms with Crippen LogP contribution < -0.4 is 0 Å². The van der Waals surface area contributed by atoms with E-state index in [4.69, 9.17) is 0 Å². The number of benzene rings is 2. The van der Waals surface area contributed by atoms with Crippen LogP contribution in [-0.2, 0) is 6.42 Å². The molecule has 1 aliphatic rings. The van der Waals surface area contributed by atoms with E-state index in [1.165, 1.54) is 16.3 Å². The Balaban J connectivity index is 1.79. The van der Waals surface area contributed by atoms with E-state index in [2.05, 4.69) is 56.3 Å². The molecule has 1 saturated carbocycles. The predicted octanol–water partition coefficient (Wildman–Crippen LogP) is 3.79. The first-order valence-electron chi connectivity index (χ1n) is 6.72. The number of aliphatic hydroxyl groups is 1. The zero-order chi connectivity index (χ0) is 12.8. The summed E-state index contributed by atoms with van der Waals surface area (Å²) in [6.45, 7) is 4.47. The van der Waals surface area contributed by atoms with Crippen LogP contribution in [0.2, 0.25) is 0 Å². The van der Waals surface area contributed by atoms with Crippen molar-refractivity contribution in [3.05, 3.63) is 48.0 Å². The first-order chi connectivity index (χ1) is 8.56. The molecule has 0 aliphatic heterocycles. The molecule has 1 N–H and O–H groups in total. The Morgan fingerprint density at radius 2 is 1.83 bits per heavy atom. The van der Waals surface area contributed by atoms with Gasteiger partial charge in [0.05, 0.1) is 6.10 Å². The largest absolute Gasteiger partial charge is 0.392 e. The van der Waals surface area contributed by atoms with Crippen molar-refractivity contribution in [2.75, 3.05) is 0 Å². The predicted molar refractivity (Wildman–Crippen MR) is 75.5 cm³/mol. The minimum atomic E-state index is -0.193. The number of hydrogen-bond acceptors (Lipinski definition) is 1. The van der Waals surface area contributed by atoms with Crippen molar-refractivity contribution >= 4 is 10.8 Å². The van der Waals surface area contributed by atoms with Gasteiger partial charge in [-0.25, -0.2) is 0 Å². The normalized spacial score (nSPS) is 22.9. The van der Waals surface area contributed by atoms with Gasteiger partial charge < -0.3 is 5.11 Å². The van der Waals surface area contributed by atoms with E-state index in [1.807, 2.05) is 0 Å². The number of hydrogen-bond donors (Lipinski definition) is 1. The van der Waals surface area contributed by atoms with Gasteiger partial charge in [-0.05, 0) is 40.5 Å². The smallest absolute Gasteiger partial charge is 0.0614 e. The summed E-state index contributed by atoms with van der Waals surface area (Å²) in [5.74, 6) is 0.476. The highest BCUT2D eigenvalue weighted by Crippen LogP contribution is 2.54. The monoisotopic (exact) mass is 240 g/mol. The fourth-order valence-corrected chi connectivity index (χ4v) is 2.91. The molecular weight excluding hydrogens is 220 g/mol. The second-order valence-electron chi connectivity index (χ2n) is 6.25. The molecule has 1 aliphatic carbocycles. The summed E-state index contributed by atoms with van der Waals surface area (Å²) in [4.78, 5) is 0. The Morgan fingerprint density at radius 3 is 2.50 bits per heavy atom. The zero-order valence-corrected chi connectivity index (χ0v) is 11.1. The third-order valence-electron chi connectivity index (χ3n) is 4.31. The van der Waals surface area contributed by atoms with Crippen LogP contribution in [0.15, 0.2) is 42.5 Å². The summed E-state index contributed by atoms with van der Waals surface area (Å²) in [6.07, 6.45) is 1.74. The quantitative estimate of drug-likeness (QED) is 0.865. The standard InChI is InChI=1S/C17H20O/c1-17(2)11-15(17)16(18)10-12-7-8-13-5-3-4-6-14(13)9-12/h3-9,15-16,18H,10-11H2,1-2H3. The molecule has 0 aromatic heterocycles. The minimum Gasteiger partial charge on any atom is -0.392 e. The van der Waals surface area contributed by atoms with Gasteiger partial charge in [0.1, 0.15) is 0 Å². The van der Waals surface area contributed by atoms with Crippen molar-refractivity contribution in [3.8, 4) is 0 Å². The first kappa shape index (κ1) is 11.7. The molecular formula is C17H20O. The summed E-state index contributed by atoms with van der Waals surface area (Å²) in [5.41, 5.74) is 1.58. The Bertz CT molecular complexity index is 571. The highest BCUT2D eigenvalue weighted by Gasteiger charge is 2.49. The van der Waals surface area contributed by atoms with E-state index in [0.717, 1.165) is 12.8 Å². The maximum absolute atomic E-state index is 10.3. The first-order valence-corrected chi connectivity index (χ1v) is 6.72. The van der Waals surface area contributed by atoms with Gasteiger partial charge in [-0.3, -0.25) is 0 Å². The lowest BCUT2D eigenvalue weighted by atomic mass is 9.98. The lowest BCUT2D eigenvalue weighted by Crippen LogP contribution is -2.16. The summed E-state index contributed by atoms with van der Waals surface area (Å²) in [7, 11) is 0. The van der Waals surface area contributed by atoms with Crippen molar-refractivity contribution in [1.29, 1.82) is 0 Å². The van der Waals surface area contributed by atoms with Crippen LogP contribution >= 0.6 is 0 Å². The Kier molecular flexibility index (Phi) is 2.67. The van der Waals surface area contributed by atoms with E-state index >= 15 is 0 Å². The number of fused-ring (bicyclic) bond motifs is 1. The second kappa shape index (κ2) is 4.10. The zero-order valence-electron chi connectivity index (χ0n) is 11.1. The van der Waals surface area contributed by atoms with Gasteiger partial charge in [0.2, 0.25) is 0 Å². The summed E-state index contributed by atoms with van der Waals surface area (Å²) in [6, 6.07) is 14.9. The lowest BCUT2D eigenvalue weighted by molar-refractivity contribution is 0.137.